The number of carbonyl (C=O) groups excluding carboxylic acids is 1. The van der Waals surface area contributed by atoms with E-state index in [0.717, 1.165) is 33.9 Å². The first-order valence-corrected chi connectivity index (χ1v) is 9.82. The fourth-order valence-electron chi connectivity index (χ4n) is 2.92. The maximum atomic E-state index is 12.2. The third-order valence-electron chi connectivity index (χ3n) is 4.56. The summed E-state index contributed by atoms with van der Waals surface area (Å²) in [5.41, 5.74) is 3.64. The lowest BCUT2D eigenvalue weighted by Gasteiger charge is -2.11. The molecule has 0 bridgehead atoms. The van der Waals surface area contributed by atoms with Crippen LogP contribution in [0.25, 0.3) is 6.08 Å². The Morgan fingerprint density at radius 3 is 2.80 bits per heavy atom. The first-order valence-electron chi connectivity index (χ1n) is 9.45. The third kappa shape index (κ3) is 5.64. The highest BCUT2D eigenvalue weighted by atomic mass is 35.5. The Kier molecular flexibility index (Phi) is 7.14. The zero-order valence-corrected chi connectivity index (χ0v) is 17.9. The van der Waals surface area contributed by atoms with Gasteiger partial charge < -0.3 is 14.8 Å². The number of rotatable bonds is 8. The number of ether oxygens (including phenoxy) is 2. The van der Waals surface area contributed by atoms with Crippen molar-refractivity contribution in [2.24, 2.45) is 7.05 Å². The molecule has 0 atom stereocenters. The van der Waals surface area contributed by atoms with Gasteiger partial charge in [0, 0.05) is 18.7 Å². The van der Waals surface area contributed by atoms with E-state index in [1.165, 1.54) is 6.08 Å². The lowest BCUT2D eigenvalue weighted by atomic mass is 10.1. The number of carbonyl (C=O) groups is 1. The molecule has 0 saturated carbocycles. The van der Waals surface area contributed by atoms with Crippen LogP contribution in [0.3, 0.4) is 0 Å². The van der Waals surface area contributed by atoms with Crippen molar-refractivity contribution in [3.8, 4) is 11.5 Å². The van der Waals surface area contributed by atoms with Crippen molar-refractivity contribution >= 4 is 23.6 Å². The molecule has 0 unspecified atom stereocenters. The van der Waals surface area contributed by atoms with Gasteiger partial charge in [-0.1, -0.05) is 29.8 Å². The first-order chi connectivity index (χ1) is 14.5. The Labute approximate surface area is 181 Å². The summed E-state index contributed by atoms with van der Waals surface area (Å²) in [4.78, 5) is 12.2. The van der Waals surface area contributed by atoms with Gasteiger partial charge in [-0.3, -0.25) is 9.48 Å². The molecule has 1 amide bonds. The summed E-state index contributed by atoms with van der Waals surface area (Å²) in [6, 6.07) is 13.6. The second kappa shape index (κ2) is 9.98. The predicted molar refractivity (Wildman–Crippen MR) is 118 cm³/mol. The lowest BCUT2D eigenvalue weighted by Crippen LogP contribution is -2.22. The van der Waals surface area contributed by atoms with Gasteiger partial charge >= 0.3 is 0 Å². The zero-order chi connectivity index (χ0) is 21.5. The van der Waals surface area contributed by atoms with Crippen LogP contribution in [0, 0.1) is 6.92 Å². The molecule has 3 aromatic rings. The van der Waals surface area contributed by atoms with Gasteiger partial charge in [0.05, 0.1) is 30.6 Å². The van der Waals surface area contributed by atoms with Gasteiger partial charge in [0.15, 0.2) is 0 Å². The second-order valence-electron chi connectivity index (χ2n) is 6.79. The predicted octanol–water partition coefficient (Wildman–Crippen LogP) is 4.30. The van der Waals surface area contributed by atoms with E-state index in [0.29, 0.717) is 18.2 Å². The van der Waals surface area contributed by atoms with Crippen molar-refractivity contribution in [1.82, 2.24) is 15.1 Å². The molecule has 1 aromatic heterocycles. The molecule has 0 aliphatic carbocycles. The quantitative estimate of drug-likeness (QED) is 0.546. The number of nitrogens with zero attached hydrogens (tertiary/aromatic N) is 2. The molecule has 6 nitrogen and oxygen atoms in total. The molecule has 30 heavy (non-hydrogen) atoms. The van der Waals surface area contributed by atoms with E-state index in [-0.39, 0.29) is 5.91 Å². The Balaban J connectivity index is 1.64. The summed E-state index contributed by atoms with van der Waals surface area (Å²) in [5, 5.41) is 7.38. The van der Waals surface area contributed by atoms with Crippen molar-refractivity contribution in [3.05, 3.63) is 82.1 Å². The number of halogens is 1. The van der Waals surface area contributed by atoms with Crippen LogP contribution in [0.2, 0.25) is 5.02 Å². The second-order valence-corrected chi connectivity index (χ2v) is 7.20. The summed E-state index contributed by atoms with van der Waals surface area (Å²) in [5.74, 6) is 1.31. The molecule has 156 valence electrons. The fraction of sp³-hybridized carbons (Fsp3) is 0.217. The first kappa shape index (κ1) is 21.5. The van der Waals surface area contributed by atoms with E-state index in [9.17, 15) is 4.79 Å². The number of hydrogen-bond donors (Lipinski definition) is 1. The number of nitrogens with one attached hydrogen (secondary N) is 1. The molecule has 0 saturated heterocycles. The molecule has 7 heteroatoms. The summed E-state index contributed by atoms with van der Waals surface area (Å²) in [7, 11) is 3.40. The smallest absolute Gasteiger partial charge is 0.244 e. The molecule has 0 aliphatic rings. The minimum absolute atomic E-state index is 0.222. The Hall–Kier alpha value is -3.25. The normalized spacial score (nSPS) is 10.9. The molecule has 3 rings (SSSR count). The maximum absolute atomic E-state index is 12.2. The van der Waals surface area contributed by atoms with E-state index >= 15 is 0 Å². The molecule has 1 heterocycles. The van der Waals surface area contributed by atoms with Gasteiger partial charge in [-0.05, 0) is 48.4 Å². The van der Waals surface area contributed by atoms with Crippen LogP contribution in [-0.4, -0.2) is 22.8 Å². The van der Waals surface area contributed by atoms with Crippen LogP contribution in [0.4, 0.5) is 0 Å². The maximum Gasteiger partial charge on any atom is 0.244 e. The van der Waals surface area contributed by atoms with Crippen molar-refractivity contribution < 1.29 is 14.3 Å². The van der Waals surface area contributed by atoms with Crippen LogP contribution in [0.1, 0.15) is 22.4 Å². The Bertz CT molecular complexity index is 1040. The number of aromatic nitrogens is 2. The van der Waals surface area contributed by atoms with Crippen molar-refractivity contribution in [1.29, 1.82) is 0 Å². The number of hydrogen-bond acceptors (Lipinski definition) is 4. The molecule has 0 spiro atoms. The van der Waals surface area contributed by atoms with Gasteiger partial charge in [0.1, 0.15) is 18.1 Å². The average Bonchev–Trinajstić information content (AvgIpc) is 3.06. The van der Waals surface area contributed by atoms with Gasteiger partial charge in [0.2, 0.25) is 5.91 Å². The molecule has 0 fully saturated rings. The highest BCUT2D eigenvalue weighted by Crippen LogP contribution is 2.23. The molecule has 0 aliphatic heterocycles. The molecular formula is C23H24ClN3O3. The van der Waals surface area contributed by atoms with Crippen LogP contribution in [-0.2, 0) is 25.0 Å². The highest BCUT2D eigenvalue weighted by Gasteiger charge is 2.08. The lowest BCUT2D eigenvalue weighted by molar-refractivity contribution is -0.116. The Morgan fingerprint density at radius 2 is 2.10 bits per heavy atom. The molecule has 2 aromatic carbocycles. The topological polar surface area (TPSA) is 65.4 Å². The standard InChI is InChI=1S/C23H24ClN3O3/c1-16-5-4-6-19(11-16)30-15-18-12-17(7-9-22(18)29-3)8-10-23(28)25-14-21-20(24)13-26-27(21)2/h4-13H,14-15H2,1-3H3,(H,25,28)/b10-8+. The highest BCUT2D eigenvalue weighted by molar-refractivity contribution is 6.31. The largest absolute Gasteiger partial charge is 0.496 e. The van der Waals surface area contributed by atoms with Gasteiger partial charge in [-0.15, -0.1) is 0 Å². The monoisotopic (exact) mass is 425 g/mol. The van der Waals surface area contributed by atoms with Crippen molar-refractivity contribution in [2.45, 2.75) is 20.1 Å². The van der Waals surface area contributed by atoms with Crippen LogP contribution < -0.4 is 14.8 Å². The fourth-order valence-corrected chi connectivity index (χ4v) is 3.15. The van der Waals surface area contributed by atoms with Gasteiger partial charge in [0.25, 0.3) is 0 Å². The van der Waals surface area contributed by atoms with E-state index in [2.05, 4.69) is 10.4 Å². The summed E-state index contributed by atoms with van der Waals surface area (Å²) < 4.78 is 13.0. The SMILES string of the molecule is COc1ccc(/C=C/C(=O)NCc2c(Cl)cnn2C)cc1COc1cccc(C)c1. The Morgan fingerprint density at radius 1 is 1.27 bits per heavy atom. The minimum atomic E-state index is -0.222. The zero-order valence-electron chi connectivity index (χ0n) is 17.2. The van der Waals surface area contributed by atoms with Crippen LogP contribution in [0.15, 0.2) is 54.7 Å². The van der Waals surface area contributed by atoms with Crippen LogP contribution >= 0.6 is 11.6 Å². The van der Waals surface area contributed by atoms with Crippen LogP contribution in [0.5, 0.6) is 11.5 Å². The molecular weight excluding hydrogens is 402 g/mol. The number of amides is 1. The summed E-state index contributed by atoms with van der Waals surface area (Å²) in [6.45, 7) is 2.68. The van der Waals surface area contributed by atoms with E-state index in [4.69, 9.17) is 21.1 Å². The van der Waals surface area contributed by atoms with E-state index in [1.54, 1.807) is 31.1 Å². The summed E-state index contributed by atoms with van der Waals surface area (Å²) in [6.07, 6.45) is 4.78. The van der Waals surface area contributed by atoms with E-state index < -0.39 is 0 Å². The number of benzene rings is 2. The van der Waals surface area contributed by atoms with Crippen molar-refractivity contribution in [2.75, 3.05) is 7.11 Å². The van der Waals surface area contributed by atoms with E-state index in [1.807, 2.05) is 49.4 Å². The number of methoxy groups -OCH3 is 1. The van der Waals surface area contributed by atoms with Gasteiger partial charge in [-0.25, -0.2) is 0 Å². The van der Waals surface area contributed by atoms with Crippen molar-refractivity contribution in [3.63, 3.8) is 0 Å². The number of aryl methyl sites for hydroxylation is 2. The average molecular weight is 426 g/mol. The molecule has 0 radical (unpaired) electrons. The molecule has 1 N–H and O–H groups in total. The minimum Gasteiger partial charge on any atom is -0.496 e. The third-order valence-corrected chi connectivity index (χ3v) is 4.87. The van der Waals surface area contributed by atoms with Gasteiger partial charge in [-0.2, -0.15) is 5.10 Å². The summed E-state index contributed by atoms with van der Waals surface area (Å²) >= 11 is 6.05.